The van der Waals surface area contributed by atoms with Crippen LogP contribution in [0.1, 0.15) is 0 Å². The normalized spacial score (nSPS) is 5.50. The van der Waals surface area contributed by atoms with Crippen molar-refractivity contribution < 1.29 is 49.4 Å². The predicted molar refractivity (Wildman–Crippen MR) is 15.8 cm³/mol. The van der Waals surface area contributed by atoms with Gasteiger partial charge in [0.1, 0.15) is 0 Å². The first-order valence-corrected chi connectivity index (χ1v) is 1.07. The Labute approximate surface area is 83.7 Å². The van der Waals surface area contributed by atoms with Gasteiger partial charge in [-0.05, 0) is 0 Å². The summed E-state index contributed by atoms with van der Waals surface area (Å²) in [6.45, 7) is 0. The van der Waals surface area contributed by atoms with Crippen LogP contribution in [0.4, 0.5) is 0 Å². The van der Waals surface area contributed by atoms with Crippen LogP contribution in [0, 0.1) is 0 Å². The standard InChI is InChI=1S/C2H2O4.Mg.Na/c3-1(4)2(5)6;;/h(H,3,4)(H,5,6);;/q;+2;+1/p-2. The van der Waals surface area contributed by atoms with Gasteiger partial charge in [0.2, 0.25) is 0 Å². The molecule has 8 heavy (non-hydrogen) atoms. The Morgan fingerprint density at radius 2 is 1.12 bits per heavy atom. The monoisotopic (exact) mass is 135 g/mol. The largest absolute Gasteiger partial charge is 2.00 e. The van der Waals surface area contributed by atoms with E-state index < -0.39 is 11.9 Å². The van der Waals surface area contributed by atoms with Gasteiger partial charge in [0, 0.05) is 0 Å². The van der Waals surface area contributed by atoms with E-state index in [0.717, 1.165) is 0 Å². The van der Waals surface area contributed by atoms with Crippen LogP contribution in [-0.4, -0.2) is 35.0 Å². The molecule has 0 aromatic rings. The van der Waals surface area contributed by atoms with Crippen LogP contribution >= 0.6 is 0 Å². The van der Waals surface area contributed by atoms with Crippen molar-refractivity contribution in [1.29, 1.82) is 0 Å². The van der Waals surface area contributed by atoms with E-state index in [9.17, 15) is 0 Å². The van der Waals surface area contributed by atoms with Crippen molar-refractivity contribution in [2.24, 2.45) is 0 Å². The first-order valence-electron chi connectivity index (χ1n) is 1.07. The van der Waals surface area contributed by atoms with E-state index in [4.69, 9.17) is 19.8 Å². The first-order chi connectivity index (χ1) is 2.64. The molecule has 0 atom stereocenters. The van der Waals surface area contributed by atoms with Crippen molar-refractivity contribution in [2.75, 3.05) is 0 Å². The number of aliphatic carboxylic acids is 2. The van der Waals surface area contributed by atoms with E-state index in [1.807, 2.05) is 0 Å². The molecule has 6 heteroatoms. The first kappa shape index (κ1) is 15.9. The minimum absolute atomic E-state index is 0. The van der Waals surface area contributed by atoms with E-state index in [1.54, 1.807) is 0 Å². The second kappa shape index (κ2) is 7.71. The molecule has 0 amide bonds. The third-order valence-electron chi connectivity index (χ3n) is 0.167. The predicted octanol–water partition coefficient (Wildman–Crippen LogP) is -6.89. The molecule has 34 valence electrons. The van der Waals surface area contributed by atoms with Gasteiger partial charge in [-0.25, -0.2) is 0 Å². The molecule has 0 spiro atoms. The van der Waals surface area contributed by atoms with Crippen LogP contribution in [0.25, 0.3) is 0 Å². The maximum Gasteiger partial charge on any atom is 2.00 e. The third kappa shape index (κ3) is 9.86. The van der Waals surface area contributed by atoms with E-state index >= 15 is 0 Å². The number of carbonyl (C=O) groups excluding carboxylic acids is 2. The van der Waals surface area contributed by atoms with Crippen LogP contribution in [-0.2, 0) is 9.59 Å². The van der Waals surface area contributed by atoms with E-state index in [2.05, 4.69) is 0 Å². The number of carbonyl (C=O) groups is 2. The molecule has 0 aliphatic carbocycles. The molecule has 0 aromatic carbocycles. The van der Waals surface area contributed by atoms with Crippen molar-refractivity contribution in [3.63, 3.8) is 0 Å². The quantitative estimate of drug-likeness (QED) is 0.244. The molecular weight excluding hydrogens is 135 g/mol. The maximum absolute atomic E-state index is 8.93. The van der Waals surface area contributed by atoms with E-state index in [-0.39, 0.29) is 52.6 Å². The Bertz CT molecular complexity index is 80.0. The van der Waals surface area contributed by atoms with Crippen LogP contribution in [0.3, 0.4) is 0 Å². The summed E-state index contributed by atoms with van der Waals surface area (Å²) < 4.78 is 0. The Balaban J connectivity index is -0.000000125. The van der Waals surface area contributed by atoms with Gasteiger partial charge in [-0.3, -0.25) is 0 Å². The Hall–Kier alpha value is 0.706. The van der Waals surface area contributed by atoms with Crippen molar-refractivity contribution >= 4 is 35.0 Å². The molecule has 0 saturated heterocycles. The SMILES string of the molecule is O=C([O-])C(=O)[O-].[Mg+2].[Na+]. The van der Waals surface area contributed by atoms with Gasteiger partial charge in [-0.1, -0.05) is 0 Å². The summed E-state index contributed by atoms with van der Waals surface area (Å²) in [6, 6.07) is 0. The summed E-state index contributed by atoms with van der Waals surface area (Å²) >= 11 is 0. The van der Waals surface area contributed by atoms with Crippen LogP contribution in [0.5, 0.6) is 0 Å². The second-order valence-electron chi connectivity index (χ2n) is 0.575. The number of hydrogen-bond acceptors (Lipinski definition) is 4. The zero-order valence-corrected chi connectivity index (χ0v) is 7.75. The average molecular weight is 135 g/mol. The van der Waals surface area contributed by atoms with Crippen molar-refractivity contribution in [1.82, 2.24) is 0 Å². The minimum Gasteiger partial charge on any atom is -0.543 e. The Morgan fingerprint density at radius 3 is 1.12 bits per heavy atom. The summed E-state index contributed by atoms with van der Waals surface area (Å²) in [7, 11) is 0. The van der Waals surface area contributed by atoms with Gasteiger partial charge in [0.05, 0.1) is 11.9 Å². The Morgan fingerprint density at radius 1 is 1.00 bits per heavy atom. The molecule has 0 unspecified atom stereocenters. The number of carboxylic acids is 2. The molecule has 0 fully saturated rings. The van der Waals surface area contributed by atoms with Gasteiger partial charge in [0.25, 0.3) is 0 Å². The van der Waals surface area contributed by atoms with Crippen LogP contribution in [0.15, 0.2) is 0 Å². The van der Waals surface area contributed by atoms with Crippen molar-refractivity contribution in [3.8, 4) is 0 Å². The molecule has 0 aromatic heterocycles. The van der Waals surface area contributed by atoms with Gasteiger partial charge in [-0.15, -0.1) is 0 Å². The molecule has 0 bridgehead atoms. The fourth-order valence-corrected chi connectivity index (χ4v) is 0. The third-order valence-corrected chi connectivity index (χ3v) is 0.167. The summed E-state index contributed by atoms with van der Waals surface area (Å²) in [4.78, 5) is 17.9. The van der Waals surface area contributed by atoms with Gasteiger partial charge in [0.15, 0.2) is 0 Å². The zero-order chi connectivity index (χ0) is 5.15. The molecule has 0 rings (SSSR count). The molecular formula is C2MgNaO4+. The van der Waals surface area contributed by atoms with Gasteiger partial charge in [-0.2, -0.15) is 0 Å². The fourth-order valence-electron chi connectivity index (χ4n) is 0. The van der Waals surface area contributed by atoms with Gasteiger partial charge < -0.3 is 19.8 Å². The topological polar surface area (TPSA) is 80.3 Å². The Kier molecular flexibility index (Phi) is 15.3. The second-order valence-corrected chi connectivity index (χ2v) is 0.575. The molecule has 0 aliphatic rings. The number of carboxylic acid groups (broad SMARTS) is 2. The fraction of sp³-hybridized carbons (Fsp3) is 0. The molecule has 0 heterocycles. The van der Waals surface area contributed by atoms with E-state index in [0.29, 0.717) is 0 Å². The molecule has 0 radical (unpaired) electrons. The van der Waals surface area contributed by atoms with Crippen molar-refractivity contribution in [2.45, 2.75) is 0 Å². The van der Waals surface area contributed by atoms with Crippen LogP contribution in [0.2, 0.25) is 0 Å². The summed E-state index contributed by atoms with van der Waals surface area (Å²) in [6.07, 6.45) is 0. The number of rotatable bonds is 0. The average Bonchev–Trinajstić information content (AvgIpc) is 1.36. The summed E-state index contributed by atoms with van der Waals surface area (Å²) in [5.41, 5.74) is 0. The minimum atomic E-state index is -2.19. The number of hydrogen-bond donors (Lipinski definition) is 0. The van der Waals surface area contributed by atoms with E-state index in [1.165, 1.54) is 0 Å². The molecule has 0 aliphatic heterocycles. The maximum atomic E-state index is 8.93. The smallest absolute Gasteiger partial charge is 0.543 e. The summed E-state index contributed by atoms with van der Waals surface area (Å²) in [5.74, 6) is -4.37. The van der Waals surface area contributed by atoms with Crippen LogP contribution < -0.4 is 39.8 Å². The van der Waals surface area contributed by atoms with Crippen molar-refractivity contribution in [3.05, 3.63) is 0 Å². The summed E-state index contributed by atoms with van der Waals surface area (Å²) in [5, 5.41) is 17.9. The zero-order valence-electron chi connectivity index (χ0n) is 4.34. The molecule has 0 N–H and O–H groups in total. The molecule has 0 saturated carbocycles. The van der Waals surface area contributed by atoms with Gasteiger partial charge >= 0.3 is 52.6 Å². The molecule has 4 nitrogen and oxygen atoms in total.